The molecule has 21 heavy (non-hydrogen) atoms. The van der Waals surface area contributed by atoms with Gasteiger partial charge in [-0.2, -0.15) is 0 Å². The molecule has 0 spiro atoms. The first-order valence-electron chi connectivity index (χ1n) is 6.65. The number of carbonyl (C=O) groups is 1. The van der Waals surface area contributed by atoms with Crippen molar-refractivity contribution in [1.82, 2.24) is 4.98 Å². The molecule has 1 aromatic heterocycles. The monoisotopic (exact) mass is 299 g/mol. The summed E-state index contributed by atoms with van der Waals surface area (Å²) in [7, 11) is 0. The number of H-pyrrole nitrogens is 1. The van der Waals surface area contributed by atoms with Crippen LogP contribution >= 0.6 is 11.6 Å². The molecule has 0 aliphatic rings. The summed E-state index contributed by atoms with van der Waals surface area (Å²) in [4.78, 5) is 14.5. The first kappa shape index (κ1) is 13.7. The fourth-order valence-electron chi connectivity index (χ4n) is 2.66. The predicted molar refractivity (Wildman–Crippen MR) is 84.8 cm³/mol. The summed E-state index contributed by atoms with van der Waals surface area (Å²) in [5.41, 5.74) is 4.48. The summed E-state index contributed by atoms with van der Waals surface area (Å²) in [5.74, 6) is -0.856. The van der Waals surface area contributed by atoms with Crippen molar-refractivity contribution in [3.05, 3.63) is 58.6 Å². The van der Waals surface area contributed by atoms with Crippen LogP contribution in [0.15, 0.2) is 42.5 Å². The summed E-state index contributed by atoms with van der Waals surface area (Å²) >= 11 is 6.23. The average molecular weight is 300 g/mol. The summed E-state index contributed by atoms with van der Waals surface area (Å²) in [5, 5.41) is 10.7. The van der Waals surface area contributed by atoms with Crippen molar-refractivity contribution in [3.63, 3.8) is 0 Å². The normalized spacial score (nSPS) is 11.0. The Bertz CT molecular complexity index is 836. The molecular formula is C17H14ClNO2. The third kappa shape index (κ3) is 2.41. The molecule has 106 valence electrons. The number of para-hydroxylation sites is 1. The first-order chi connectivity index (χ1) is 10.1. The third-order valence-corrected chi connectivity index (χ3v) is 3.95. The van der Waals surface area contributed by atoms with Gasteiger partial charge in [0.05, 0.1) is 22.7 Å². The van der Waals surface area contributed by atoms with E-state index in [1.54, 1.807) is 6.07 Å². The second-order valence-electron chi connectivity index (χ2n) is 5.03. The van der Waals surface area contributed by atoms with Crippen molar-refractivity contribution in [2.24, 2.45) is 0 Å². The number of carboxylic acids is 1. The Labute approximate surface area is 127 Å². The van der Waals surface area contributed by atoms with Crippen LogP contribution in [-0.4, -0.2) is 16.1 Å². The molecule has 3 rings (SSSR count). The zero-order chi connectivity index (χ0) is 15.0. The van der Waals surface area contributed by atoms with Crippen molar-refractivity contribution in [2.75, 3.05) is 0 Å². The van der Waals surface area contributed by atoms with E-state index in [0.717, 1.165) is 33.3 Å². The van der Waals surface area contributed by atoms with Crippen LogP contribution in [-0.2, 0) is 11.2 Å². The van der Waals surface area contributed by atoms with Crippen LogP contribution in [0.1, 0.15) is 11.1 Å². The minimum absolute atomic E-state index is 0.0377. The van der Waals surface area contributed by atoms with Gasteiger partial charge in [0, 0.05) is 10.9 Å². The van der Waals surface area contributed by atoms with Crippen LogP contribution in [0.2, 0.25) is 5.02 Å². The van der Waals surface area contributed by atoms with E-state index >= 15 is 0 Å². The van der Waals surface area contributed by atoms with E-state index in [9.17, 15) is 9.90 Å². The van der Waals surface area contributed by atoms with Crippen LogP contribution in [0.25, 0.3) is 22.2 Å². The number of rotatable bonds is 3. The maximum atomic E-state index is 11.2. The van der Waals surface area contributed by atoms with Crippen molar-refractivity contribution in [1.29, 1.82) is 0 Å². The first-order valence-corrected chi connectivity index (χ1v) is 7.02. The lowest BCUT2D eigenvalue weighted by molar-refractivity contribution is -0.136. The van der Waals surface area contributed by atoms with Gasteiger partial charge in [-0.25, -0.2) is 0 Å². The van der Waals surface area contributed by atoms with Gasteiger partial charge >= 0.3 is 5.97 Å². The molecule has 0 atom stereocenters. The van der Waals surface area contributed by atoms with E-state index in [4.69, 9.17) is 11.6 Å². The van der Waals surface area contributed by atoms with E-state index in [1.807, 2.05) is 43.3 Å². The lowest BCUT2D eigenvalue weighted by atomic mass is 9.99. The minimum atomic E-state index is -0.856. The number of aromatic amines is 1. The second kappa shape index (κ2) is 5.26. The molecule has 3 aromatic rings. The Morgan fingerprint density at radius 3 is 2.67 bits per heavy atom. The highest BCUT2D eigenvalue weighted by atomic mass is 35.5. The van der Waals surface area contributed by atoms with Gasteiger partial charge in [0.25, 0.3) is 0 Å². The molecule has 2 aromatic carbocycles. The van der Waals surface area contributed by atoms with Crippen molar-refractivity contribution >= 4 is 28.5 Å². The Morgan fingerprint density at radius 2 is 1.95 bits per heavy atom. The van der Waals surface area contributed by atoms with E-state index in [1.165, 1.54) is 0 Å². The zero-order valence-electron chi connectivity index (χ0n) is 11.5. The summed E-state index contributed by atoms with van der Waals surface area (Å²) < 4.78 is 0. The number of carboxylic acid groups (broad SMARTS) is 1. The number of hydrogen-bond acceptors (Lipinski definition) is 1. The molecule has 0 fully saturated rings. The Hall–Kier alpha value is -2.26. The van der Waals surface area contributed by atoms with Gasteiger partial charge in [-0.1, -0.05) is 48.0 Å². The topological polar surface area (TPSA) is 53.1 Å². The van der Waals surface area contributed by atoms with Crippen molar-refractivity contribution < 1.29 is 9.90 Å². The van der Waals surface area contributed by atoms with Gasteiger partial charge in [-0.05, 0) is 24.1 Å². The van der Waals surface area contributed by atoms with E-state index in [2.05, 4.69) is 4.98 Å². The highest BCUT2D eigenvalue weighted by Gasteiger charge is 2.17. The highest BCUT2D eigenvalue weighted by molar-refractivity contribution is 6.35. The number of fused-ring (bicyclic) bond motifs is 1. The maximum Gasteiger partial charge on any atom is 0.307 e. The summed E-state index contributed by atoms with van der Waals surface area (Å²) in [6.45, 7) is 2.01. The summed E-state index contributed by atoms with van der Waals surface area (Å²) in [6.07, 6.45) is -0.0377. The van der Waals surface area contributed by atoms with Crippen LogP contribution in [0, 0.1) is 6.92 Å². The highest BCUT2D eigenvalue weighted by Crippen LogP contribution is 2.35. The zero-order valence-corrected chi connectivity index (χ0v) is 12.2. The number of aryl methyl sites for hydroxylation is 1. The van der Waals surface area contributed by atoms with E-state index in [-0.39, 0.29) is 6.42 Å². The molecule has 4 heteroatoms. The number of hydrogen-bond donors (Lipinski definition) is 2. The second-order valence-corrected chi connectivity index (χ2v) is 5.43. The van der Waals surface area contributed by atoms with Crippen LogP contribution in [0.4, 0.5) is 0 Å². The molecule has 0 aliphatic heterocycles. The van der Waals surface area contributed by atoms with Crippen molar-refractivity contribution in [3.8, 4) is 11.3 Å². The van der Waals surface area contributed by atoms with Gasteiger partial charge in [0.15, 0.2) is 0 Å². The average Bonchev–Trinajstić information content (AvgIpc) is 2.79. The third-order valence-electron chi connectivity index (χ3n) is 3.63. The Kier molecular flexibility index (Phi) is 3.43. The molecule has 0 radical (unpaired) electrons. The van der Waals surface area contributed by atoms with Gasteiger partial charge < -0.3 is 10.1 Å². The Balaban J connectivity index is 2.33. The summed E-state index contributed by atoms with van der Waals surface area (Å²) in [6, 6.07) is 13.4. The van der Waals surface area contributed by atoms with Gasteiger partial charge in [0.1, 0.15) is 0 Å². The molecule has 1 heterocycles. The molecule has 0 saturated heterocycles. The molecule has 2 N–H and O–H groups in total. The molecule has 3 nitrogen and oxygen atoms in total. The van der Waals surface area contributed by atoms with Gasteiger partial charge in [0.2, 0.25) is 0 Å². The number of nitrogens with one attached hydrogen (secondary N) is 1. The fourth-order valence-corrected chi connectivity index (χ4v) is 2.88. The van der Waals surface area contributed by atoms with Crippen LogP contribution in [0.5, 0.6) is 0 Å². The van der Waals surface area contributed by atoms with E-state index in [0.29, 0.717) is 5.02 Å². The molecule has 0 aliphatic carbocycles. The van der Waals surface area contributed by atoms with Crippen LogP contribution < -0.4 is 0 Å². The number of benzene rings is 2. The van der Waals surface area contributed by atoms with E-state index < -0.39 is 5.97 Å². The molecular weight excluding hydrogens is 286 g/mol. The van der Waals surface area contributed by atoms with Crippen molar-refractivity contribution in [2.45, 2.75) is 13.3 Å². The largest absolute Gasteiger partial charge is 0.481 e. The molecule has 0 bridgehead atoms. The maximum absolute atomic E-state index is 11.2. The van der Waals surface area contributed by atoms with Crippen LogP contribution in [0.3, 0.4) is 0 Å². The predicted octanol–water partition coefficient (Wildman–Crippen LogP) is 4.42. The molecule has 0 saturated carbocycles. The number of aliphatic carboxylic acids is 1. The Morgan fingerprint density at radius 1 is 1.19 bits per heavy atom. The molecule has 0 amide bonds. The SMILES string of the molecule is Cc1ccccc1-c1[nH]c2c(Cl)cccc2c1CC(=O)O. The quantitative estimate of drug-likeness (QED) is 0.752. The fraction of sp³-hybridized carbons (Fsp3) is 0.118. The number of aromatic nitrogens is 1. The smallest absolute Gasteiger partial charge is 0.307 e. The van der Waals surface area contributed by atoms with Gasteiger partial charge in [-0.15, -0.1) is 0 Å². The number of halogens is 1. The van der Waals surface area contributed by atoms with Gasteiger partial charge in [-0.3, -0.25) is 4.79 Å². The lowest BCUT2D eigenvalue weighted by Gasteiger charge is -2.06. The lowest BCUT2D eigenvalue weighted by Crippen LogP contribution is -2.01. The molecule has 0 unspecified atom stereocenters. The standard InChI is InChI=1S/C17H14ClNO2/c1-10-5-2-3-6-11(10)16-13(9-15(20)21)12-7-4-8-14(18)17(12)19-16/h2-8,19H,9H2,1H3,(H,20,21). The minimum Gasteiger partial charge on any atom is -0.481 e.